The number of likely N-dealkylation sites (tertiary alicyclic amines) is 2. The molecule has 2 saturated heterocycles. The van der Waals surface area contributed by atoms with Crippen molar-refractivity contribution in [2.45, 2.75) is 51.4 Å². The van der Waals surface area contributed by atoms with Crippen molar-refractivity contribution in [2.75, 3.05) is 66.7 Å². The number of hydrogen-bond acceptors (Lipinski definition) is 7. The molecule has 0 unspecified atom stereocenters. The molecule has 336 valence electrons. The molecule has 0 radical (unpaired) electrons. The second-order valence-electron chi connectivity index (χ2n) is 18.0. The van der Waals surface area contributed by atoms with Gasteiger partial charge in [-0.15, -0.1) is 0 Å². The highest BCUT2D eigenvalue weighted by atomic mass is 16.5. The van der Waals surface area contributed by atoms with E-state index < -0.39 is 0 Å². The van der Waals surface area contributed by atoms with Crippen LogP contribution in [-0.4, -0.2) is 82.3 Å². The lowest BCUT2D eigenvalue weighted by Crippen LogP contribution is -2.25. The second kappa shape index (κ2) is 20.0. The van der Waals surface area contributed by atoms with E-state index in [2.05, 4.69) is 94.7 Å². The molecular formula is C59H60N2O5. The Bertz CT molecular complexity index is 2570. The van der Waals surface area contributed by atoms with E-state index in [0.717, 1.165) is 132 Å². The first-order chi connectivity index (χ1) is 32.5. The number of carbonyl (C=O) groups is 1. The van der Waals surface area contributed by atoms with E-state index in [4.69, 9.17) is 18.9 Å². The topological polar surface area (TPSA) is 60.5 Å². The van der Waals surface area contributed by atoms with E-state index in [9.17, 15) is 0 Å². The number of benzene rings is 6. The van der Waals surface area contributed by atoms with Crippen LogP contribution in [0.3, 0.4) is 0 Å². The first-order valence-electron chi connectivity index (χ1n) is 24.0. The standard InChI is InChI=1S/C59H60N2O5/c1-63-45-21-15-43(16-22-45)51-27-19-41-11-3-5-13-49(41)57(51)55-39-47(65-37-35-60-31-7-8-32-60)25-29-53(55)59(62)54-30-26-48(66-38-36-61-33-9-10-34-61)40-56(54)58-50-14-6-4-12-42(50)20-28-52(58)44-17-23-46(64-2)24-18-44/h3-6,11-18,21-26,29-30,39-40H,7-10,19-20,27-28,31-38H2,1-2H3. The van der Waals surface area contributed by atoms with Crippen molar-refractivity contribution in [3.8, 4) is 23.0 Å². The van der Waals surface area contributed by atoms with Crippen molar-refractivity contribution in [1.82, 2.24) is 9.80 Å². The molecule has 0 saturated carbocycles. The number of rotatable bonds is 16. The van der Waals surface area contributed by atoms with Crippen LogP contribution in [0.1, 0.15) is 99.0 Å². The lowest BCUT2D eigenvalue weighted by Gasteiger charge is -2.28. The van der Waals surface area contributed by atoms with Gasteiger partial charge >= 0.3 is 0 Å². The van der Waals surface area contributed by atoms with Crippen LogP contribution < -0.4 is 18.9 Å². The number of allylic oxidation sites excluding steroid dienone is 2. The molecule has 4 aliphatic rings. The van der Waals surface area contributed by atoms with Crippen LogP contribution >= 0.6 is 0 Å². The molecule has 0 atom stereocenters. The zero-order chi connectivity index (χ0) is 44.8. The molecule has 0 N–H and O–H groups in total. The van der Waals surface area contributed by atoms with Gasteiger partial charge in [-0.1, -0.05) is 72.8 Å². The summed E-state index contributed by atoms with van der Waals surface area (Å²) >= 11 is 0. The Hall–Kier alpha value is -6.41. The van der Waals surface area contributed by atoms with Crippen LogP contribution in [0.5, 0.6) is 23.0 Å². The van der Waals surface area contributed by atoms with Crippen LogP contribution in [0.2, 0.25) is 0 Å². The largest absolute Gasteiger partial charge is 0.497 e. The average Bonchev–Trinajstić information content (AvgIpc) is 4.11. The number of carbonyl (C=O) groups excluding carboxylic acids is 1. The van der Waals surface area contributed by atoms with Crippen molar-refractivity contribution < 1.29 is 23.7 Å². The van der Waals surface area contributed by atoms with Crippen LogP contribution in [0.25, 0.3) is 22.3 Å². The van der Waals surface area contributed by atoms with Crippen LogP contribution in [0.4, 0.5) is 0 Å². The predicted octanol–water partition coefficient (Wildman–Crippen LogP) is 11.7. The number of fused-ring (bicyclic) bond motifs is 2. The van der Waals surface area contributed by atoms with Crippen molar-refractivity contribution in [2.24, 2.45) is 0 Å². The van der Waals surface area contributed by atoms with E-state index in [1.54, 1.807) is 14.2 Å². The molecule has 66 heavy (non-hydrogen) atoms. The minimum atomic E-state index is -0.0403. The van der Waals surface area contributed by atoms with E-state index in [1.807, 2.05) is 48.5 Å². The van der Waals surface area contributed by atoms with Crippen molar-refractivity contribution in [3.05, 3.63) is 189 Å². The normalized spacial score (nSPS) is 16.3. The van der Waals surface area contributed by atoms with Gasteiger partial charge in [-0.05, 0) is 205 Å². The minimum absolute atomic E-state index is 0.0403. The lowest BCUT2D eigenvalue weighted by molar-refractivity contribution is 0.103. The maximum atomic E-state index is 16.1. The average molecular weight is 877 g/mol. The number of ether oxygens (including phenoxy) is 4. The van der Waals surface area contributed by atoms with Gasteiger partial charge in [0.1, 0.15) is 36.2 Å². The highest BCUT2D eigenvalue weighted by Crippen LogP contribution is 2.46. The summed E-state index contributed by atoms with van der Waals surface area (Å²) in [5.41, 5.74) is 14.6. The van der Waals surface area contributed by atoms with Gasteiger partial charge in [-0.25, -0.2) is 0 Å². The molecule has 2 aliphatic heterocycles. The van der Waals surface area contributed by atoms with Crippen molar-refractivity contribution in [3.63, 3.8) is 0 Å². The zero-order valence-corrected chi connectivity index (χ0v) is 38.5. The van der Waals surface area contributed by atoms with Gasteiger partial charge in [-0.2, -0.15) is 0 Å². The van der Waals surface area contributed by atoms with E-state index >= 15 is 4.79 Å². The fraction of sp³-hybridized carbons (Fsp3) is 0.305. The van der Waals surface area contributed by atoms with Gasteiger partial charge < -0.3 is 18.9 Å². The minimum Gasteiger partial charge on any atom is -0.497 e. The predicted molar refractivity (Wildman–Crippen MR) is 266 cm³/mol. The summed E-state index contributed by atoms with van der Waals surface area (Å²) in [6.45, 7) is 7.37. The Morgan fingerprint density at radius 2 is 0.848 bits per heavy atom. The third-order valence-corrected chi connectivity index (χ3v) is 14.1. The third-order valence-electron chi connectivity index (χ3n) is 14.1. The molecule has 2 heterocycles. The van der Waals surface area contributed by atoms with Gasteiger partial charge in [0, 0.05) is 24.2 Å². The van der Waals surface area contributed by atoms with E-state index in [1.165, 1.54) is 48.0 Å². The van der Waals surface area contributed by atoms with E-state index in [-0.39, 0.29) is 5.78 Å². The fourth-order valence-electron chi connectivity index (χ4n) is 10.6. The molecule has 10 rings (SSSR count). The molecule has 2 fully saturated rings. The van der Waals surface area contributed by atoms with Crippen LogP contribution in [0, 0.1) is 0 Å². The molecular weight excluding hydrogens is 817 g/mol. The number of methoxy groups -OCH3 is 2. The smallest absolute Gasteiger partial charge is 0.194 e. The molecule has 0 aromatic heterocycles. The molecule has 0 amide bonds. The second-order valence-corrected chi connectivity index (χ2v) is 18.0. The number of ketones is 1. The lowest BCUT2D eigenvalue weighted by atomic mass is 9.76. The van der Waals surface area contributed by atoms with Gasteiger partial charge in [0.05, 0.1) is 14.2 Å². The molecule has 7 heteroatoms. The summed E-state index contributed by atoms with van der Waals surface area (Å²) in [6.07, 6.45) is 8.41. The zero-order valence-electron chi connectivity index (χ0n) is 38.5. The summed E-state index contributed by atoms with van der Waals surface area (Å²) in [5, 5.41) is 0. The Kier molecular flexibility index (Phi) is 13.2. The number of hydrogen-bond donors (Lipinski definition) is 0. The maximum Gasteiger partial charge on any atom is 0.194 e. The Morgan fingerprint density at radius 1 is 0.455 bits per heavy atom. The summed E-state index contributed by atoms with van der Waals surface area (Å²) in [4.78, 5) is 21.0. The highest BCUT2D eigenvalue weighted by Gasteiger charge is 2.30. The van der Waals surface area contributed by atoms with Crippen LogP contribution in [-0.2, 0) is 12.8 Å². The number of nitrogens with zero attached hydrogens (tertiary/aromatic N) is 2. The molecule has 6 aromatic carbocycles. The molecule has 7 nitrogen and oxygen atoms in total. The summed E-state index contributed by atoms with van der Waals surface area (Å²) in [6, 6.07) is 46.3. The quantitative estimate of drug-likeness (QED) is 0.0898. The first-order valence-corrected chi connectivity index (χ1v) is 24.0. The Morgan fingerprint density at radius 3 is 1.26 bits per heavy atom. The summed E-state index contributed by atoms with van der Waals surface area (Å²) in [7, 11) is 3.40. The van der Waals surface area contributed by atoms with Gasteiger partial charge in [0.25, 0.3) is 0 Å². The fourth-order valence-corrected chi connectivity index (χ4v) is 10.6. The van der Waals surface area contributed by atoms with E-state index in [0.29, 0.717) is 24.3 Å². The molecule has 0 bridgehead atoms. The molecule has 2 aliphatic carbocycles. The third kappa shape index (κ3) is 9.20. The maximum absolute atomic E-state index is 16.1. The van der Waals surface area contributed by atoms with Gasteiger partial charge in [0.15, 0.2) is 5.78 Å². The van der Waals surface area contributed by atoms with Gasteiger partial charge in [-0.3, -0.25) is 14.6 Å². The van der Waals surface area contributed by atoms with Crippen molar-refractivity contribution in [1.29, 1.82) is 0 Å². The number of aryl methyl sites for hydroxylation is 2. The SMILES string of the molecule is COc1ccc(C2=C(c3cc(OCCN4CCCC4)ccc3C(=O)c3ccc(OCCN4CCCC4)cc3C3=C(c4ccc(OC)cc4)CCc4ccccc43)c3ccccc3CC2)cc1. The monoisotopic (exact) mass is 876 g/mol. The Labute approximate surface area is 390 Å². The van der Waals surface area contributed by atoms with Crippen molar-refractivity contribution >= 4 is 28.1 Å². The summed E-state index contributed by atoms with van der Waals surface area (Å²) < 4.78 is 24.4. The molecule has 0 spiro atoms. The molecule has 6 aromatic rings. The summed E-state index contributed by atoms with van der Waals surface area (Å²) in [5.74, 6) is 3.10. The van der Waals surface area contributed by atoms with Gasteiger partial charge in [0.2, 0.25) is 0 Å². The first kappa shape index (κ1) is 43.5. The van der Waals surface area contributed by atoms with Crippen LogP contribution in [0.15, 0.2) is 133 Å². The Balaban J connectivity index is 1.15. The highest BCUT2D eigenvalue weighted by molar-refractivity contribution is 6.18.